The first-order valence-electron chi connectivity index (χ1n) is 2.60. The van der Waals surface area contributed by atoms with Crippen LogP contribution in [0.2, 0.25) is 0 Å². The van der Waals surface area contributed by atoms with Crippen LogP contribution in [0.25, 0.3) is 0 Å². The maximum absolute atomic E-state index is 3.79. The van der Waals surface area contributed by atoms with Crippen LogP contribution >= 0.6 is 0 Å². The van der Waals surface area contributed by atoms with E-state index in [1.807, 2.05) is 0 Å². The molecular formula is C5H10N2. The molecule has 1 fully saturated rings. The monoisotopic (exact) mass is 98.1 g/mol. The summed E-state index contributed by atoms with van der Waals surface area (Å²) in [6.07, 6.45) is 1.55. The summed E-state index contributed by atoms with van der Waals surface area (Å²) in [4.78, 5) is 3.79. The Morgan fingerprint density at radius 2 is 2.57 bits per heavy atom. The van der Waals surface area contributed by atoms with Gasteiger partial charge < -0.3 is 0 Å². The van der Waals surface area contributed by atoms with Gasteiger partial charge in [-0.2, -0.15) is 0 Å². The van der Waals surface area contributed by atoms with Crippen LogP contribution in [0, 0.1) is 0 Å². The van der Waals surface area contributed by atoms with E-state index in [-0.39, 0.29) is 0 Å². The Kier molecular flexibility index (Phi) is 1.11. The van der Waals surface area contributed by atoms with Crippen LogP contribution in [0.4, 0.5) is 0 Å². The van der Waals surface area contributed by atoms with Gasteiger partial charge in [0.1, 0.15) is 6.17 Å². The second kappa shape index (κ2) is 1.62. The second-order valence-electron chi connectivity index (χ2n) is 1.81. The van der Waals surface area contributed by atoms with Gasteiger partial charge in [0.2, 0.25) is 0 Å². The molecule has 0 amide bonds. The van der Waals surface area contributed by atoms with Crippen molar-refractivity contribution in [1.29, 1.82) is 0 Å². The molecule has 0 aromatic heterocycles. The first-order valence-corrected chi connectivity index (χ1v) is 2.60. The Hall–Kier alpha value is -0.370. The predicted octanol–water partition coefficient (Wildman–Crippen LogP) is 0.395. The summed E-state index contributed by atoms with van der Waals surface area (Å²) in [7, 11) is 0. The van der Waals surface area contributed by atoms with Crippen LogP contribution in [0.15, 0.2) is 4.99 Å². The summed E-state index contributed by atoms with van der Waals surface area (Å²) in [6, 6.07) is 0.637. The van der Waals surface area contributed by atoms with Gasteiger partial charge in [-0.3, -0.25) is 10.3 Å². The van der Waals surface area contributed by atoms with E-state index in [0.29, 0.717) is 12.2 Å². The van der Waals surface area contributed by atoms with E-state index < -0.39 is 0 Å². The molecular weight excluding hydrogens is 88.1 g/mol. The van der Waals surface area contributed by atoms with Gasteiger partial charge in [0.25, 0.3) is 0 Å². The fourth-order valence-corrected chi connectivity index (χ4v) is 0.685. The molecule has 1 unspecified atom stereocenters. The quantitative estimate of drug-likeness (QED) is 0.393. The molecule has 0 saturated carbocycles. The smallest absolute Gasteiger partial charge is 0.115 e. The van der Waals surface area contributed by atoms with Crippen molar-refractivity contribution in [3.63, 3.8) is 0 Å². The molecule has 1 rings (SSSR count). The molecule has 7 heavy (non-hydrogen) atoms. The molecule has 0 spiro atoms. The number of nitrogens with one attached hydrogen (secondary N) is 1. The van der Waals surface area contributed by atoms with Crippen LogP contribution in [0.1, 0.15) is 13.3 Å². The lowest BCUT2D eigenvalue weighted by Gasteiger charge is -1.77. The van der Waals surface area contributed by atoms with E-state index in [2.05, 4.69) is 24.0 Å². The van der Waals surface area contributed by atoms with Crippen molar-refractivity contribution in [2.24, 2.45) is 4.99 Å². The molecule has 1 aliphatic heterocycles. The number of rotatable bonds is 2. The average Bonchev–Trinajstić information content (AvgIpc) is 2.43. The van der Waals surface area contributed by atoms with Gasteiger partial charge in [-0.1, -0.05) is 6.92 Å². The number of nitrogens with zero attached hydrogens (tertiary/aromatic N) is 1. The molecule has 0 aromatic rings. The van der Waals surface area contributed by atoms with Crippen LogP contribution in [0.5, 0.6) is 0 Å². The summed E-state index contributed by atoms with van der Waals surface area (Å²) < 4.78 is 0. The van der Waals surface area contributed by atoms with Crippen molar-refractivity contribution in [1.82, 2.24) is 5.32 Å². The molecule has 1 N–H and O–H groups in total. The molecule has 40 valence electrons. The fourth-order valence-electron chi connectivity index (χ4n) is 0.685. The van der Waals surface area contributed by atoms with Crippen molar-refractivity contribution in [3.8, 4) is 0 Å². The number of aliphatic imine (C=N–C) groups is 1. The fraction of sp³-hybridized carbons (Fsp3) is 0.800. The molecule has 0 bridgehead atoms. The number of hydrogen-bond acceptors (Lipinski definition) is 2. The molecule has 0 aliphatic carbocycles. The van der Waals surface area contributed by atoms with Crippen LogP contribution in [0.3, 0.4) is 0 Å². The van der Waals surface area contributed by atoms with E-state index in [9.17, 15) is 0 Å². The summed E-state index contributed by atoms with van der Waals surface area (Å²) in [6.45, 7) is 5.55. The zero-order valence-electron chi connectivity index (χ0n) is 4.52. The van der Waals surface area contributed by atoms with E-state index >= 15 is 0 Å². The second-order valence-corrected chi connectivity index (χ2v) is 1.81. The highest BCUT2D eigenvalue weighted by atomic mass is 15.3. The van der Waals surface area contributed by atoms with Crippen LogP contribution < -0.4 is 5.32 Å². The zero-order valence-corrected chi connectivity index (χ0v) is 4.52. The Balaban J connectivity index is 2.17. The molecule has 1 saturated heterocycles. The van der Waals surface area contributed by atoms with Crippen LogP contribution in [-0.2, 0) is 0 Å². The van der Waals surface area contributed by atoms with E-state index in [0.717, 1.165) is 0 Å². The van der Waals surface area contributed by atoms with E-state index in [1.54, 1.807) is 0 Å². The standard InChI is InChI=1S/C5H10N2/c1-3-4-5(6-2)7-4/h4-5,7H,2-3H2,1H3/t4?,5-/m0/s1. The Bertz CT molecular complexity index is 80.1. The van der Waals surface area contributed by atoms with Gasteiger partial charge in [0, 0.05) is 6.04 Å². The molecule has 2 nitrogen and oxygen atoms in total. The first kappa shape index (κ1) is 4.78. The van der Waals surface area contributed by atoms with E-state index in [1.165, 1.54) is 6.42 Å². The highest BCUT2D eigenvalue weighted by molar-refractivity contribution is 5.26. The van der Waals surface area contributed by atoms with E-state index in [4.69, 9.17) is 0 Å². The SMILES string of the molecule is C=N[C@H]1NC1CC. The molecule has 1 aliphatic rings. The van der Waals surface area contributed by atoms with Gasteiger partial charge in [0.15, 0.2) is 0 Å². The lowest BCUT2D eigenvalue weighted by atomic mass is 10.3. The number of hydrogen-bond donors (Lipinski definition) is 1. The third kappa shape index (κ3) is 0.800. The average molecular weight is 98.1 g/mol. The molecule has 0 radical (unpaired) electrons. The lowest BCUT2D eigenvalue weighted by molar-refractivity contribution is 0.863. The topological polar surface area (TPSA) is 34.3 Å². The van der Waals surface area contributed by atoms with Gasteiger partial charge >= 0.3 is 0 Å². The third-order valence-corrected chi connectivity index (χ3v) is 1.29. The highest BCUT2D eigenvalue weighted by Gasteiger charge is 2.32. The molecule has 2 heteroatoms. The lowest BCUT2D eigenvalue weighted by Crippen LogP contribution is -1.84. The summed E-state index contributed by atoms with van der Waals surface area (Å²) in [5.74, 6) is 0. The maximum atomic E-state index is 3.79. The minimum Gasteiger partial charge on any atom is -0.288 e. The maximum Gasteiger partial charge on any atom is 0.115 e. The Morgan fingerprint density at radius 1 is 1.86 bits per heavy atom. The van der Waals surface area contributed by atoms with Crippen LogP contribution in [-0.4, -0.2) is 18.9 Å². The minimum atomic E-state index is 0.380. The largest absolute Gasteiger partial charge is 0.288 e. The van der Waals surface area contributed by atoms with Gasteiger partial charge in [-0.05, 0) is 13.1 Å². The zero-order chi connectivity index (χ0) is 5.28. The summed E-state index contributed by atoms with van der Waals surface area (Å²) >= 11 is 0. The van der Waals surface area contributed by atoms with Crippen molar-refractivity contribution >= 4 is 6.72 Å². The van der Waals surface area contributed by atoms with Gasteiger partial charge in [0.05, 0.1) is 0 Å². The summed E-state index contributed by atoms with van der Waals surface area (Å²) in [5.41, 5.74) is 0. The van der Waals surface area contributed by atoms with Crippen molar-refractivity contribution in [2.75, 3.05) is 0 Å². The third-order valence-electron chi connectivity index (χ3n) is 1.29. The minimum absolute atomic E-state index is 0.380. The van der Waals surface area contributed by atoms with Crippen molar-refractivity contribution in [3.05, 3.63) is 0 Å². The molecule has 0 aromatic carbocycles. The molecule has 2 atom stereocenters. The van der Waals surface area contributed by atoms with Crippen molar-refractivity contribution in [2.45, 2.75) is 25.6 Å². The normalized spacial score (nSPS) is 37.9. The summed E-state index contributed by atoms with van der Waals surface area (Å²) in [5, 5.41) is 3.14. The highest BCUT2D eigenvalue weighted by Crippen LogP contribution is 2.13. The predicted molar refractivity (Wildman–Crippen MR) is 30.6 cm³/mol. The Labute approximate surface area is 43.6 Å². The van der Waals surface area contributed by atoms with Gasteiger partial charge in [-0.25, -0.2) is 0 Å². The Morgan fingerprint density at radius 3 is 2.71 bits per heavy atom. The van der Waals surface area contributed by atoms with Crippen molar-refractivity contribution < 1.29 is 0 Å². The first-order chi connectivity index (χ1) is 3.38. The molecule has 1 heterocycles. The van der Waals surface area contributed by atoms with Gasteiger partial charge in [-0.15, -0.1) is 0 Å².